The van der Waals surface area contributed by atoms with Crippen LogP contribution in [0.5, 0.6) is 0 Å². The van der Waals surface area contributed by atoms with Crippen LogP contribution >= 0.6 is 0 Å². The van der Waals surface area contributed by atoms with Crippen molar-refractivity contribution in [3.8, 4) is 0 Å². The average molecular weight is 629 g/mol. The second-order valence-corrected chi connectivity index (χ2v) is 17.3. The molecule has 10 atom stereocenters. The van der Waals surface area contributed by atoms with Gasteiger partial charge in [-0.1, -0.05) is 25.5 Å². The van der Waals surface area contributed by atoms with Crippen LogP contribution < -0.4 is 0 Å². The van der Waals surface area contributed by atoms with Crippen LogP contribution in [-0.2, 0) is 28.5 Å². The molecule has 7 aliphatic rings. The number of ether oxygens (including phenoxy) is 4. The Kier molecular flexibility index (Phi) is 8.93. The first-order chi connectivity index (χ1) is 21.5. The molecule has 1 saturated heterocycles. The SMILES string of the molecule is CC1CC2CC(C(=O)OCC3(COC(=O)C45CC(C)CC(CC(O)C4)C5)COC([C@H]4C=C5CCCC(C5)C4)OC3)CC(O)(C1)C2. The Hall–Kier alpha value is -1.48. The molecule has 1 aliphatic heterocycles. The Morgan fingerprint density at radius 1 is 0.867 bits per heavy atom. The number of carbonyl (C=O) groups is 2. The van der Waals surface area contributed by atoms with E-state index in [1.165, 1.54) is 31.3 Å². The lowest BCUT2D eigenvalue weighted by Gasteiger charge is -2.48. The fraction of sp³-hybridized carbons (Fsp3) is 0.892. The molecule has 0 spiro atoms. The molecule has 8 nitrogen and oxygen atoms in total. The standard InChI is InChI=1S/C37H56O8/c1-23-6-28-12-31(38)18-36(13-23,15-28)34(40)45-22-35(19-42-32(39)30-11-27-7-24(2)14-37(41,16-27)17-30)20-43-33(44-21-35)29-9-25-4-3-5-26(8-25)10-29/h9,23-24,26-31,33,38,41H,3-8,10-22H2,1-2H3/t23?,24?,26?,27?,28?,29-,30?,31?,33?,35?,36?,37?/m0/s1. The number of aliphatic hydroxyl groups excluding tert-OH is 1. The first kappa shape index (κ1) is 32.1. The minimum absolute atomic E-state index is 0.0465. The largest absolute Gasteiger partial charge is 0.465 e. The number of carbonyl (C=O) groups excluding carboxylic acids is 2. The topological polar surface area (TPSA) is 112 Å². The monoisotopic (exact) mass is 628 g/mol. The van der Waals surface area contributed by atoms with Crippen LogP contribution in [0.2, 0.25) is 0 Å². The van der Waals surface area contributed by atoms with Gasteiger partial charge in [-0.05, 0) is 126 Å². The molecule has 1 heterocycles. The molecule has 0 radical (unpaired) electrons. The molecule has 7 rings (SSSR count). The molecule has 0 aromatic heterocycles. The van der Waals surface area contributed by atoms with Gasteiger partial charge in [-0.3, -0.25) is 9.59 Å². The highest BCUT2D eigenvalue weighted by atomic mass is 16.7. The van der Waals surface area contributed by atoms with Crippen LogP contribution in [0.4, 0.5) is 0 Å². The van der Waals surface area contributed by atoms with E-state index in [1.807, 2.05) is 0 Å². The quantitative estimate of drug-likeness (QED) is 0.272. The second kappa shape index (κ2) is 12.5. The Bertz CT molecular complexity index is 1120. The van der Waals surface area contributed by atoms with Crippen LogP contribution in [0.15, 0.2) is 11.6 Å². The van der Waals surface area contributed by atoms with Crippen molar-refractivity contribution in [1.29, 1.82) is 0 Å². The fourth-order valence-electron chi connectivity index (χ4n) is 11.3. The molecular weight excluding hydrogens is 572 g/mol. The molecule has 5 saturated carbocycles. The Labute approximate surface area is 269 Å². The summed E-state index contributed by atoms with van der Waals surface area (Å²) in [5.41, 5.74) is -0.724. The zero-order valence-corrected chi connectivity index (χ0v) is 27.6. The number of hydrogen-bond donors (Lipinski definition) is 2. The van der Waals surface area contributed by atoms with E-state index in [2.05, 4.69) is 19.9 Å². The highest BCUT2D eigenvalue weighted by Gasteiger charge is 2.52. The molecule has 0 aromatic carbocycles. The molecule has 6 aliphatic carbocycles. The van der Waals surface area contributed by atoms with Crippen LogP contribution in [0.1, 0.15) is 110 Å². The van der Waals surface area contributed by atoms with Crippen LogP contribution in [0.3, 0.4) is 0 Å². The third-order valence-corrected chi connectivity index (χ3v) is 12.7. The van der Waals surface area contributed by atoms with Gasteiger partial charge in [0.25, 0.3) is 0 Å². The van der Waals surface area contributed by atoms with Gasteiger partial charge < -0.3 is 29.2 Å². The number of fused-ring (bicyclic) bond motifs is 6. The third kappa shape index (κ3) is 6.91. The number of hydrogen-bond acceptors (Lipinski definition) is 8. The van der Waals surface area contributed by atoms with Crippen LogP contribution in [-0.4, -0.2) is 66.6 Å². The lowest BCUT2D eigenvalue weighted by Crippen LogP contribution is -2.52. The van der Waals surface area contributed by atoms with E-state index in [1.54, 1.807) is 0 Å². The van der Waals surface area contributed by atoms with Crippen LogP contribution in [0.25, 0.3) is 0 Å². The smallest absolute Gasteiger partial charge is 0.312 e. The molecule has 45 heavy (non-hydrogen) atoms. The van der Waals surface area contributed by atoms with Gasteiger partial charge >= 0.3 is 11.9 Å². The van der Waals surface area contributed by atoms with E-state index in [4.69, 9.17) is 18.9 Å². The van der Waals surface area contributed by atoms with E-state index in [-0.39, 0.29) is 56.5 Å². The number of esters is 2. The maximum absolute atomic E-state index is 13.8. The van der Waals surface area contributed by atoms with Gasteiger partial charge in [-0.25, -0.2) is 0 Å². The summed E-state index contributed by atoms with van der Waals surface area (Å²) in [6, 6.07) is 0. The van der Waals surface area contributed by atoms with Gasteiger partial charge in [0.15, 0.2) is 6.29 Å². The van der Waals surface area contributed by atoms with Gasteiger partial charge in [-0.2, -0.15) is 0 Å². The maximum atomic E-state index is 13.8. The summed E-state index contributed by atoms with van der Waals surface area (Å²) in [5, 5.41) is 21.8. The lowest BCUT2D eigenvalue weighted by molar-refractivity contribution is -0.263. The Morgan fingerprint density at radius 2 is 1.60 bits per heavy atom. The highest BCUT2D eigenvalue weighted by molar-refractivity contribution is 5.77. The molecule has 6 bridgehead atoms. The van der Waals surface area contributed by atoms with Crippen molar-refractivity contribution in [2.75, 3.05) is 26.4 Å². The Morgan fingerprint density at radius 3 is 2.36 bits per heavy atom. The zero-order valence-electron chi connectivity index (χ0n) is 27.6. The van der Waals surface area contributed by atoms with Crippen molar-refractivity contribution in [2.45, 2.75) is 128 Å². The summed E-state index contributed by atoms with van der Waals surface area (Å²) < 4.78 is 25.0. The maximum Gasteiger partial charge on any atom is 0.312 e. The van der Waals surface area contributed by atoms with Crippen molar-refractivity contribution >= 4 is 11.9 Å². The zero-order chi connectivity index (χ0) is 31.4. The predicted octanol–water partition coefficient (Wildman–Crippen LogP) is 5.72. The molecule has 8 heteroatoms. The van der Waals surface area contributed by atoms with Crippen molar-refractivity contribution < 1.29 is 38.7 Å². The molecule has 0 aromatic rings. The predicted molar refractivity (Wildman–Crippen MR) is 167 cm³/mol. The molecule has 9 unspecified atom stereocenters. The van der Waals surface area contributed by atoms with Gasteiger partial charge in [0.2, 0.25) is 0 Å². The average Bonchev–Trinajstić information content (AvgIpc) is 2.97. The Balaban J connectivity index is 1.03. The molecular formula is C37H56O8. The third-order valence-electron chi connectivity index (χ3n) is 12.7. The normalized spacial score (nSPS) is 47.7. The fourth-order valence-corrected chi connectivity index (χ4v) is 11.3. The molecule has 2 N–H and O–H groups in total. The van der Waals surface area contributed by atoms with E-state index < -0.39 is 22.5 Å². The summed E-state index contributed by atoms with van der Waals surface area (Å²) in [6.07, 6.45) is 15.0. The minimum atomic E-state index is -0.806. The first-order valence-electron chi connectivity index (χ1n) is 18.2. The summed E-state index contributed by atoms with van der Waals surface area (Å²) in [4.78, 5) is 27.3. The van der Waals surface area contributed by atoms with Crippen molar-refractivity contribution in [3.05, 3.63) is 11.6 Å². The number of aliphatic hydroxyl groups is 2. The summed E-state index contributed by atoms with van der Waals surface area (Å²) >= 11 is 0. The summed E-state index contributed by atoms with van der Waals surface area (Å²) in [7, 11) is 0. The van der Waals surface area contributed by atoms with Gasteiger partial charge in [0.05, 0.1) is 41.7 Å². The summed E-state index contributed by atoms with van der Waals surface area (Å²) in [6.45, 7) is 5.05. The van der Waals surface area contributed by atoms with Crippen molar-refractivity contribution in [1.82, 2.24) is 0 Å². The van der Waals surface area contributed by atoms with Gasteiger partial charge in [0, 0.05) is 5.92 Å². The van der Waals surface area contributed by atoms with Crippen LogP contribution in [0, 0.1) is 52.3 Å². The van der Waals surface area contributed by atoms with E-state index in [0.717, 1.165) is 57.8 Å². The number of rotatable bonds is 7. The van der Waals surface area contributed by atoms with Crippen molar-refractivity contribution in [2.24, 2.45) is 52.3 Å². The summed E-state index contributed by atoms with van der Waals surface area (Å²) in [5.74, 6) is 1.65. The molecule has 6 fully saturated rings. The van der Waals surface area contributed by atoms with Gasteiger partial charge in [-0.15, -0.1) is 0 Å². The number of allylic oxidation sites excluding steroid dienone is 1. The highest BCUT2D eigenvalue weighted by Crippen LogP contribution is 2.52. The van der Waals surface area contributed by atoms with Gasteiger partial charge in [0.1, 0.15) is 13.2 Å². The second-order valence-electron chi connectivity index (χ2n) is 17.3. The van der Waals surface area contributed by atoms with E-state index in [0.29, 0.717) is 42.4 Å². The first-order valence-corrected chi connectivity index (χ1v) is 18.2. The van der Waals surface area contributed by atoms with E-state index >= 15 is 0 Å². The minimum Gasteiger partial charge on any atom is -0.465 e. The molecule has 0 amide bonds. The van der Waals surface area contributed by atoms with E-state index in [9.17, 15) is 19.8 Å². The molecule has 252 valence electrons. The lowest BCUT2D eigenvalue weighted by atomic mass is 9.58. The van der Waals surface area contributed by atoms with Crippen molar-refractivity contribution in [3.63, 3.8) is 0 Å².